The van der Waals surface area contributed by atoms with Crippen molar-refractivity contribution in [2.45, 2.75) is 30.5 Å². The Labute approximate surface area is 117 Å². The van der Waals surface area contributed by atoms with E-state index in [0.29, 0.717) is 13.2 Å². The molecule has 0 aliphatic carbocycles. The highest BCUT2D eigenvalue weighted by molar-refractivity contribution is 6.38. The van der Waals surface area contributed by atoms with E-state index >= 15 is 0 Å². The molecule has 1 aromatic rings. The highest BCUT2D eigenvalue weighted by Crippen LogP contribution is 2.39. The summed E-state index contributed by atoms with van der Waals surface area (Å²) in [5, 5.41) is 3.13. The van der Waals surface area contributed by atoms with Crippen molar-refractivity contribution in [1.82, 2.24) is 5.32 Å². The molecule has 0 spiro atoms. The molecule has 0 radical (unpaired) electrons. The fourth-order valence-corrected chi connectivity index (χ4v) is 3.25. The van der Waals surface area contributed by atoms with Gasteiger partial charge in [0.1, 0.15) is 6.10 Å². The molecule has 5 heteroatoms. The summed E-state index contributed by atoms with van der Waals surface area (Å²) in [6.07, 6.45) is 0.510. The SMILES string of the molecule is CCO[C@@H]1C[C@@H]2CN[C@@]1(Cl)C(=O)N2c1ccccc1. The second kappa shape index (κ2) is 4.78. The number of nitrogens with one attached hydrogen (secondary N) is 1. The van der Waals surface area contributed by atoms with Gasteiger partial charge in [0.05, 0.1) is 6.04 Å². The lowest BCUT2D eigenvalue weighted by molar-refractivity contribution is -0.134. The molecular formula is C14H17ClN2O2. The number of rotatable bonds is 3. The third kappa shape index (κ3) is 1.95. The molecule has 2 bridgehead atoms. The summed E-state index contributed by atoms with van der Waals surface area (Å²) in [6.45, 7) is 3.18. The topological polar surface area (TPSA) is 41.6 Å². The van der Waals surface area contributed by atoms with Crippen molar-refractivity contribution >= 4 is 23.2 Å². The number of anilines is 1. The van der Waals surface area contributed by atoms with E-state index in [4.69, 9.17) is 16.3 Å². The summed E-state index contributed by atoms with van der Waals surface area (Å²) in [6, 6.07) is 9.78. The lowest BCUT2D eigenvalue weighted by atomic mass is 9.88. The van der Waals surface area contributed by atoms with Gasteiger partial charge in [0.15, 0.2) is 5.00 Å². The Balaban J connectivity index is 1.93. The Bertz CT molecular complexity index is 482. The van der Waals surface area contributed by atoms with Gasteiger partial charge in [0.25, 0.3) is 5.91 Å². The molecule has 3 aliphatic rings. The van der Waals surface area contributed by atoms with Crippen molar-refractivity contribution in [2.24, 2.45) is 0 Å². The smallest absolute Gasteiger partial charge is 0.265 e. The normalized spacial score (nSPS) is 33.8. The number of piperidine rings is 2. The third-order valence-corrected chi connectivity index (χ3v) is 4.36. The van der Waals surface area contributed by atoms with E-state index in [1.165, 1.54) is 0 Å². The van der Waals surface area contributed by atoms with Gasteiger partial charge in [0, 0.05) is 18.8 Å². The number of carbonyl (C=O) groups excluding carboxylic acids is 1. The number of benzene rings is 1. The van der Waals surface area contributed by atoms with Gasteiger partial charge >= 0.3 is 0 Å². The zero-order valence-electron chi connectivity index (χ0n) is 10.8. The average Bonchev–Trinajstić information content (AvgIpc) is 2.43. The first kappa shape index (κ1) is 12.9. The van der Waals surface area contributed by atoms with Crippen LogP contribution in [-0.2, 0) is 9.53 Å². The van der Waals surface area contributed by atoms with E-state index in [-0.39, 0.29) is 18.1 Å². The number of halogens is 1. The first-order valence-electron chi connectivity index (χ1n) is 6.61. The molecule has 19 heavy (non-hydrogen) atoms. The van der Waals surface area contributed by atoms with Crippen molar-refractivity contribution in [3.05, 3.63) is 30.3 Å². The van der Waals surface area contributed by atoms with Crippen LogP contribution in [0.3, 0.4) is 0 Å². The van der Waals surface area contributed by atoms with Crippen LogP contribution in [0.5, 0.6) is 0 Å². The maximum absolute atomic E-state index is 12.6. The molecule has 3 atom stereocenters. The second-order valence-corrected chi connectivity index (χ2v) is 5.53. The zero-order chi connectivity index (χ0) is 13.5. The van der Waals surface area contributed by atoms with E-state index < -0.39 is 5.00 Å². The summed E-state index contributed by atoms with van der Waals surface area (Å²) in [5.74, 6) is -0.110. The highest BCUT2D eigenvalue weighted by atomic mass is 35.5. The number of hydrogen-bond acceptors (Lipinski definition) is 3. The molecule has 0 aromatic heterocycles. The fourth-order valence-electron chi connectivity index (χ4n) is 2.92. The first-order chi connectivity index (χ1) is 9.16. The summed E-state index contributed by atoms with van der Waals surface area (Å²) < 4.78 is 5.63. The Morgan fingerprint density at radius 3 is 2.89 bits per heavy atom. The molecule has 3 fully saturated rings. The molecular weight excluding hydrogens is 264 g/mol. The minimum absolute atomic E-state index is 0.104. The van der Waals surface area contributed by atoms with Crippen molar-refractivity contribution in [1.29, 1.82) is 0 Å². The van der Waals surface area contributed by atoms with Gasteiger partial charge in [-0.05, 0) is 25.5 Å². The number of para-hydroxylation sites is 1. The monoisotopic (exact) mass is 280 g/mol. The number of hydrogen-bond donors (Lipinski definition) is 1. The van der Waals surface area contributed by atoms with Gasteiger partial charge in [-0.3, -0.25) is 10.1 Å². The Kier molecular flexibility index (Phi) is 3.25. The van der Waals surface area contributed by atoms with E-state index in [1.807, 2.05) is 37.3 Å². The largest absolute Gasteiger partial charge is 0.375 e. The minimum Gasteiger partial charge on any atom is -0.375 e. The molecule has 4 rings (SSSR count). The van der Waals surface area contributed by atoms with Gasteiger partial charge in [-0.1, -0.05) is 29.8 Å². The van der Waals surface area contributed by atoms with E-state index in [9.17, 15) is 4.79 Å². The van der Waals surface area contributed by atoms with Gasteiger partial charge in [-0.2, -0.15) is 0 Å². The summed E-state index contributed by atoms with van der Waals surface area (Å²) in [7, 11) is 0. The van der Waals surface area contributed by atoms with Gasteiger partial charge < -0.3 is 9.64 Å². The average molecular weight is 281 g/mol. The van der Waals surface area contributed by atoms with Crippen LogP contribution in [0.25, 0.3) is 0 Å². The van der Waals surface area contributed by atoms with Crippen LogP contribution in [0.4, 0.5) is 5.69 Å². The summed E-state index contributed by atoms with van der Waals surface area (Å²) in [5.41, 5.74) is 0.902. The van der Waals surface area contributed by atoms with Crippen molar-refractivity contribution in [2.75, 3.05) is 18.1 Å². The number of carbonyl (C=O) groups is 1. The predicted molar refractivity (Wildman–Crippen MR) is 74.3 cm³/mol. The molecule has 0 unspecified atom stereocenters. The van der Waals surface area contributed by atoms with Crippen LogP contribution in [0.15, 0.2) is 30.3 Å². The van der Waals surface area contributed by atoms with E-state index in [2.05, 4.69) is 5.32 Å². The van der Waals surface area contributed by atoms with Crippen LogP contribution in [-0.4, -0.2) is 36.2 Å². The molecule has 3 heterocycles. The number of nitrogens with zero attached hydrogens (tertiary/aromatic N) is 1. The first-order valence-corrected chi connectivity index (χ1v) is 6.99. The standard InChI is InChI=1S/C14H17ClN2O2/c1-2-19-12-8-11-9-16-14(12,15)13(18)17(11)10-6-4-3-5-7-10/h3-7,11-12,16H,2,8-9H2,1H3/t11-,12-,14-/m1/s1. The molecule has 3 aliphatic heterocycles. The number of fused-ring (bicyclic) bond motifs is 3. The lowest BCUT2D eigenvalue weighted by Gasteiger charge is -2.52. The molecule has 4 nitrogen and oxygen atoms in total. The van der Waals surface area contributed by atoms with E-state index in [1.54, 1.807) is 4.90 Å². The zero-order valence-corrected chi connectivity index (χ0v) is 11.6. The van der Waals surface area contributed by atoms with Crippen LogP contribution < -0.4 is 10.2 Å². The lowest BCUT2D eigenvalue weighted by Crippen LogP contribution is -2.76. The quantitative estimate of drug-likeness (QED) is 0.677. The maximum Gasteiger partial charge on any atom is 0.265 e. The molecule has 0 saturated carbocycles. The fraction of sp³-hybridized carbons (Fsp3) is 0.500. The van der Waals surface area contributed by atoms with Crippen LogP contribution in [0.1, 0.15) is 13.3 Å². The Hall–Kier alpha value is -1.10. The highest BCUT2D eigenvalue weighted by Gasteiger charge is 2.57. The summed E-state index contributed by atoms with van der Waals surface area (Å²) in [4.78, 5) is 13.3. The van der Waals surface area contributed by atoms with Gasteiger partial charge in [0.2, 0.25) is 0 Å². The van der Waals surface area contributed by atoms with Gasteiger partial charge in [-0.25, -0.2) is 0 Å². The summed E-state index contributed by atoms with van der Waals surface area (Å²) >= 11 is 6.51. The molecule has 1 amide bonds. The molecule has 1 aromatic carbocycles. The number of ether oxygens (including phenoxy) is 1. The predicted octanol–water partition coefficient (Wildman–Crippen LogP) is 1.74. The second-order valence-electron chi connectivity index (χ2n) is 4.94. The molecule has 1 N–H and O–H groups in total. The maximum atomic E-state index is 12.6. The van der Waals surface area contributed by atoms with Crippen molar-refractivity contribution in [3.8, 4) is 0 Å². The van der Waals surface area contributed by atoms with Gasteiger partial charge in [-0.15, -0.1) is 0 Å². The molecule has 3 saturated heterocycles. The number of amides is 1. The molecule has 102 valence electrons. The third-order valence-electron chi connectivity index (χ3n) is 3.82. The Morgan fingerprint density at radius 1 is 1.47 bits per heavy atom. The van der Waals surface area contributed by atoms with E-state index in [0.717, 1.165) is 12.1 Å². The van der Waals surface area contributed by atoms with Crippen molar-refractivity contribution < 1.29 is 9.53 Å². The van der Waals surface area contributed by atoms with Crippen LogP contribution in [0.2, 0.25) is 0 Å². The number of piperazine rings is 1. The van der Waals surface area contributed by atoms with Crippen molar-refractivity contribution in [3.63, 3.8) is 0 Å². The minimum atomic E-state index is -1.12. The Morgan fingerprint density at radius 2 is 2.21 bits per heavy atom. The number of alkyl halides is 1. The van der Waals surface area contributed by atoms with Crippen LogP contribution >= 0.6 is 11.6 Å². The van der Waals surface area contributed by atoms with Crippen LogP contribution in [0, 0.1) is 0 Å².